The standard InChI is InChI=1S/C6H13NO3/c1-2-4-7-10-6(9)3-5-8/h7-8H,2-5H2,1H3. The van der Waals surface area contributed by atoms with Crippen LogP contribution >= 0.6 is 0 Å². The molecule has 0 aromatic heterocycles. The van der Waals surface area contributed by atoms with Crippen LogP contribution < -0.4 is 5.48 Å². The monoisotopic (exact) mass is 147 g/mol. The van der Waals surface area contributed by atoms with Crippen molar-refractivity contribution in [3.05, 3.63) is 0 Å². The van der Waals surface area contributed by atoms with E-state index in [0.717, 1.165) is 6.42 Å². The summed E-state index contributed by atoms with van der Waals surface area (Å²) in [7, 11) is 0. The first-order valence-electron chi connectivity index (χ1n) is 3.34. The molecule has 10 heavy (non-hydrogen) atoms. The Bertz CT molecular complexity index is 95.0. The van der Waals surface area contributed by atoms with Crippen molar-refractivity contribution in [1.82, 2.24) is 5.48 Å². The predicted molar refractivity (Wildman–Crippen MR) is 36.1 cm³/mol. The highest BCUT2D eigenvalue weighted by Crippen LogP contribution is 1.80. The molecule has 0 aliphatic carbocycles. The minimum atomic E-state index is -0.420. The third kappa shape index (κ3) is 5.53. The fourth-order valence-electron chi connectivity index (χ4n) is 0.376. The van der Waals surface area contributed by atoms with Crippen LogP contribution in [-0.4, -0.2) is 24.2 Å². The van der Waals surface area contributed by atoms with Gasteiger partial charge in [-0.25, -0.2) is 0 Å². The van der Waals surface area contributed by atoms with E-state index in [0.29, 0.717) is 6.54 Å². The molecule has 0 aliphatic heterocycles. The zero-order chi connectivity index (χ0) is 7.82. The number of hydrogen-bond donors (Lipinski definition) is 2. The number of hydrogen-bond acceptors (Lipinski definition) is 4. The van der Waals surface area contributed by atoms with Gasteiger partial charge in [0.15, 0.2) is 0 Å². The molecule has 0 spiro atoms. The molecule has 0 fully saturated rings. The molecule has 0 aromatic carbocycles. The van der Waals surface area contributed by atoms with Gasteiger partial charge in [-0.15, -0.1) is 0 Å². The Balaban J connectivity index is 3.05. The van der Waals surface area contributed by atoms with Crippen molar-refractivity contribution in [1.29, 1.82) is 0 Å². The van der Waals surface area contributed by atoms with Gasteiger partial charge in [0, 0.05) is 6.54 Å². The van der Waals surface area contributed by atoms with Crippen molar-refractivity contribution in [2.75, 3.05) is 13.2 Å². The van der Waals surface area contributed by atoms with E-state index in [2.05, 4.69) is 10.3 Å². The average Bonchev–Trinajstić information content (AvgIpc) is 1.89. The van der Waals surface area contributed by atoms with Crippen LogP contribution in [0.2, 0.25) is 0 Å². The summed E-state index contributed by atoms with van der Waals surface area (Å²) < 4.78 is 0. The van der Waals surface area contributed by atoms with Crippen molar-refractivity contribution in [2.24, 2.45) is 0 Å². The first-order chi connectivity index (χ1) is 4.81. The number of carbonyl (C=O) groups excluding carboxylic acids is 1. The average molecular weight is 147 g/mol. The maximum Gasteiger partial charge on any atom is 0.327 e. The molecule has 60 valence electrons. The molecular weight excluding hydrogens is 134 g/mol. The van der Waals surface area contributed by atoms with Crippen molar-refractivity contribution in [3.63, 3.8) is 0 Å². The van der Waals surface area contributed by atoms with E-state index in [1.54, 1.807) is 0 Å². The van der Waals surface area contributed by atoms with Gasteiger partial charge in [-0.3, -0.25) is 4.79 Å². The van der Waals surface area contributed by atoms with Crippen LogP contribution in [0.1, 0.15) is 19.8 Å². The van der Waals surface area contributed by atoms with E-state index >= 15 is 0 Å². The fraction of sp³-hybridized carbons (Fsp3) is 0.833. The lowest BCUT2D eigenvalue weighted by Crippen LogP contribution is -2.20. The van der Waals surface area contributed by atoms with E-state index in [1.165, 1.54) is 0 Å². The number of aliphatic hydroxyl groups is 1. The first-order valence-corrected chi connectivity index (χ1v) is 3.34. The highest BCUT2D eigenvalue weighted by molar-refractivity contribution is 5.68. The van der Waals surface area contributed by atoms with Crippen LogP contribution in [0.4, 0.5) is 0 Å². The summed E-state index contributed by atoms with van der Waals surface area (Å²) in [6.45, 7) is 2.46. The number of aliphatic hydroxyl groups excluding tert-OH is 1. The largest absolute Gasteiger partial charge is 0.396 e. The third-order valence-corrected chi connectivity index (χ3v) is 0.854. The van der Waals surface area contributed by atoms with Gasteiger partial charge < -0.3 is 9.94 Å². The molecule has 4 nitrogen and oxygen atoms in total. The molecule has 0 saturated heterocycles. The van der Waals surface area contributed by atoms with Crippen LogP contribution in [-0.2, 0) is 9.63 Å². The summed E-state index contributed by atoms with van der Waals surface area (Å²) in [5.41, 5.74) is 2.46. The van der Waals surface area contributed by atoms with Gasteiger partial charge in [-0.2, -0.15) is 5.48 Å². The normalized spacial score (nSPS) is 9.40. The molecular formula is C6H13NO3. The molecule has 0 heterocycles. The van der Waals surface area contributed by atoms with Crippen LogP contribution in [0, 0.1) is 0 Å². The minimum Gasteiger partial charge on any atom is -0.396 e. The second-order valence-electron chi connectivity index (χ2n) is 1.84. The number of hydroxylamine groups is 1. The molecule has 0 bridgehead atoms. The van der Waals surface area contributed by atoms with E-state index in [1.807, 2.05) is 6.92 Å². The quantitative estimate of drug-likeness (QED) is 0.418. The van der Waals surface area contributed by atoms with E-state index in [9.17, 15) is 4.79 Å². The smallest absolute Gasteiger partial charge is 0.327 e. The second kappa shape index (κ2) is 6.51. The Hall–Kier alpha value is -0.610. The van der Waals surface area contributed by atoms with Gasteiger partial charge in [0.25, 0.3) is 0 Å². The lowest BCUT2D eigenvalue weighted by atomic mass is 10.5. The van der Waals surface area contributed by atoms with Crippen LogP contribution in [0.25, 0.3) is 0 Å². The molecule has 2 N–H and O–H groups in total. The molecule has 0 atom stereocenters. The molecule has 0 radical (unpaired) electrons. The summed E-state index contributed by atoms with van der Waals surface area (Å²) in [5, 5.41) is 8.26. The second-order valence-corrected chi connectivity index (χ2v) is 1.84. The predicted octanol–water partition coefficient (Wildman–Crippen LogP) is -0.173. The van der Waals surface area contributed by atoms with Gasteiger partial charge in [0.2, 0.25) is 0 Å². The number of carbonyl (C=O) groups is 1. The molecule has 0 amide bonds. The van der Waals surface area contributed by atoms with Crippen LogP contribution in [0.5, 0.6) is 0 Å². The van der Waals surface area contributed by atoms with Crippen LogP contribution in [0.3, 0.4) is 0 Å². The molecule has 0 rings (SSSR count). The van der Waals surface area contributed by atoms with Gasteiger partial charge >= 0.3 is 5.97 Å². The van der Waals surface area contributed by atoms with Gasteiger partial charge in [0.1, 0.15) is 0 Å². The topological polar surface area (TPSA) is 58.6 Å². The number of nitrogens with one attached hydrogen (secondary N) is 1. The molecule has 0 unspecified atom stereocenters. The van der Waals surface area contributed by atoms with Gasteiger partial charge in [-0.1, -0.05) is 6.92 Å². The maximum absolute atomic E-state index is 10.5. The molecule has 0 aliphatic rings. The van der Waals surface area contributed by atoms with Crippen molar-refractivity contribution >= 4 is 5.97 Å². The van der Waals surface area contributed by atoms with E-state index < -0.39 is 5.97 Å². The Morgan fingerprint density at radius 2 is 2.40 bits per heavy atom. The van der Waals surface area contributed by atoms with E-state index in [4.69, 9.17) is 5.11 Å². The lowest BCUT2D eigenvalue weighted by molar-refractivity contribution is -0.151. The number of rotatable bonds is 5. The SMILES string of the molecule is CCCNOC(=O)CCO. The van der Waals surface area contributed by atoms with E-state index in [-0.39, 0.29) is 13.0 Å². The third-order valence-electron chi connectivity index (χ3n) is 0.854. The zero-order valence-corrected chi connectivity index (χ0v) is 6.09. The maximum atomic E-state index is 10.5. The van der Waals surface area contributed by atoms with Crippen LogP contribution in [0.15, 0.2) is 0 Å². The first kappa shape index (κ1) is 9.39. The van der Waals surface area contributed by atoms with Crippen molar-refractivity contribution < 1.29 is 14.7 Å². The van der Waals surface area contributed by atoms with Crippen molar-refractivity contribution in [2.45, 2.75) is 19.8 Å². The summed E-state index contributed by atoms with van der Waals surface area (Å²) in [4.78, 5) is 14.9. The Morgan fingerprint density at radius 1 is 1.70 bits per heavy atom. The Kier molecular flexibility index (Phi) is 6.11. The van der Waals surface area contributed by atoms with Gasteiger partial charge in [0.05, 0.1) is 13.0 Å². The zero-order valence-electron chi connectivity index (χ0n) is 6.09. The van der Waals surface area contributed by atoms with Crippen molar-refractivity contribution in [3.8, 4) is 0 Å². The summed E-state index contributed by atoms with van der Waals surface area (Å²) in [6, 6.07) is 0. The molecule has 0 aromatic rings. The summed E-state index contributed by atoms with van der Waals surface area (Å²) in [6.07, 6.45) is 0.961. The highest BCUT2D eigenvalue weighted by atomic mass is 16.7. The van der Waals surface area contributed by atoms with Gasteiger partial charge in [-0.05, 0) is 6.42 Å². The Labute approximate surface area is 60.1 Å². The fourth-order valence-corrected chi connectivity index (χ4v) is 0.376. The highest BCUT2D eigenvalue weighted by Gasteiger charge is 1.98. The Morgan fingerprint density at radius 3 is 2.90 bits per heavy atom. The lowest BCUT2D eigenvalue weighted by Gasteiger charge is -2.01. The summed E-state index contributed by atoms with van der Waals surface area (Å²) in [5.74, 6) is -0.420. The minimum absolute atomic E-state index is 0.0523. The summed E-state index contributed by atoms with van der Waals surface area (Å²) >= 11 is 0. The molecule has 0 saturated carbocycles. The molecule has 4 heteroatoms.